The summed E-state index contributed by atoms with van der Waals surface area (Å²) in [5.41, 5.74) is 1.16. The van der Waals surface area contributed by atoms with Gasteiger partial charge in [0.05, 0.1) is 0 Å². The molecule has 0 aromatic heterocycles. The number of guanidine groups is 1. The van der Waals surface area contributed by atoms with Gasteiger partial charge < -0.3 is 14.5 Å². The highest BCUT2D eigenvalue weighted by Gasteiger charge is 2.40. The minimum atomic E-state index is -1.00. The minimum Gasteiger partial charge on any atom is -0.408 e. The topological polar surface area (TPSA) is 55.7 Å². The summed E-state index contributed by atoms with van der Waals surface area (Å²) in [6.07, 6.45) is 0. The van der Waals surface area contributed by atoms with E-state index in [1.165, 1.54) is 0 Å². The van der Waals surface area contributed by atoms with Crippen molar-refractivity contribution in [1.29, 1.82) is 0 Å². The quantitative estimate of drug-likeness (QED) is 0.833. The fourth-order valence-electron chi connectivity index (χ4n) is 2.05. The van der Waals surface area contributed by atoms with E-state index in [-0.39, 0.29) is 0 Å². The zero-order valence-corrected chi connectivity index (χ0v) is 14.7. The third kappa shape index (κ3) is 4.00. The molecule has 1 aromatic rings. The predicted molar refractivity (Wildman–Crippen MR) is 93.0 cm³/mol. The van der Waals surface area contributed by atoms with E-state index in [2.05, 4.69) is 27.4 Å². The molecule has 1 aliphatic heterocycles. The van der Waals surface area contributed by atoms with Crippen molar-refractivity contribution in [1.82, 2.24) is 20.0 Å². The lowest BCUT2D eigenvalue weighted by Gasteiger charge is -2.40. The molecule has 0 unspecified atom stereocenters. The lowest BCUT2D eigenvalue weighted by Crippen LogP contribution is -2.61. The van der Waals surface area contributed by atoms with Gasteiger partial charge in [-0.2, -0.15) is 9.98 Å². The molecule has 0 saturated heterocycles. The average Bonchev–Trinajstić information content (AvgIpc) is 2.53. The molecule has 0 spiro atoms. The predicted octanol–water partition coefficient (Wildman–Crippen LogP) is 0.815. The van der Waals surface area contributed by atoms with Crippen molar-refractivity contribution in [2.75, 3.05) is 42.3 Å². The molecule has 1 aliphatic rings. The van der Waals surface area contributed by atoms with Gasteiger partial charge in [0.2, 0.25) is 5.96 Å². The molecular formula is C16H26N6O. The van der Waals surface area contributed by atoms with E-state index >= 15 is 0 Å². The van der Waals surface area contributed by atoms with Gasteiger partial charge in [-0.25, -0.2) is 10.2 Å². The monoisotopic (exact) mass is 318 g/mol. The fourth-order valence-corrected chi connectivity index (χ4v) is 2.05. The summed E-state index contributed by atoms with van der Waals surface area (Å²) in [5.74, 6) is -0.397. The van der Waals surface area contributed by atoms with E-state index in [0.717, 1.165) is 5.56 Å². The number of hydrogen-bond donors (Lipinski definition) is 1. The maximum atomic E-state index is 6.08. The third-order valence-corrected chi connectivity index (χ3v) is 3.44. The molecular weight excluding hydrogens is 292 g/mol. The van der Waals surface area contributed by atoms with Gasteiger partial charge in [0.1, 0.15) is 0 Å². The van der Waals surface area contributed by atoms with Crippen LogP contribution in [0.1, 0.15) is 5.56 Å². The molecule has 2 rings (SSSR count). The molecule has 0 saturated carbocycles. The van der Waals surface area contributed by atoms with Gasteiger partial charge in [0, 0.05) is 34.7 Å². The van der Waals surface area contributed by atoms with E-state index in [0.29, 0.717) is 18.5 Å². The molecule has 7 nitrogen and oxygen atoms in total. The lowest BCUT2D eigenvalue weighted by molar-refractivity contribution is -0.102. The van der Waals surface area contributed by atoms with Crippen LogP contribution in [-0.4, -0.2) is 74.9 Å². The Kier molecular flexibility index (Phi) is 5.23. The van der Waals surface area contributed by atoms with Crippen molar-refractivity contribution >= 4 is 12.0 Å². The number of nitrogens with zero attached hydrogens (tertiary/aromatic N) is 5. The minimum absolute atomic E-state index is 0.512. The SMILES string of the molecule is CN(C)C1=N[C@@](NCc2ccccc2)(N(C)C)OC(N(C)C)=N1. The second kappa shape index (κ2) is 6.97. The zero-order chi connectivity index (χ0) is 17.0. The Morgan fingerprint density at radius 2 is 1.65 bits per heavy atom. The van der Waals surface area contributed by atoms with Crippen LogP contribution in [0.25, 0.3) is 0 Å². The number of benzene rings is 1. The highest BCUT2D eigenvalue weighted by Crippen LogP contribution is 2.20. The summed E-state index contributed by atoms with van der Waals surface area (Å²) in [5, 5.41) is 3.40. The Bertz CT molecular complexity index is 581. The molecule has 0 radical (unpaired) electrons. The maximum absolute atomic E-state index is 6.08. The highest BCUT2D eigenvalue weighted by molar-refractivity contribution is 5.93. The smallest absolute Gasteiger partial charge is 0.329 e. The average molecular weight is 318 g/mol. The number of hydrogen-bond acceptors (Lipinski definition) is 7. The molecule has 1 atom stereocenters. The zero-order valence-electron chi connectivity index (χ0n) is 14.7. The van der Waals surface area contributed by atoms with Gasteiger partial charge in [0.15, 0.2) is 0 Å². The van der Waals surface area contributed by atoms with E-state index < -0.39 is 5.97 Å². The Hall–Kier alpha value is -2.12. The number of nitrogens with one attached hydrogen (secondary N) is 1. The van der Waals surface area contributed by atoms with Gasteiger partial charge >= 0.3 is 5.97 Å². The Morgan fingerprint density at radius 1 is 1.00 bits per heavy atom. The van der Waals surface area contributed by atoms with Crippen LogP contribution in [-0.2, 0) is 11.3 Å². The largest absolute Gasteiger partial charge is 0.408 e. The van der Waals surface area contributed by atoms with Crippen LogP contribution in [0.3, 0.4) is 0 Å². The summed E-state index contributed by atoms with van der Waals surface area (Å²) in [6.45, 7) is 0.629. The van der Waals surface area contributed by atoms with Crippen LogP contribution in [0.2, 0.25) is 0 Å². The van der Waals surface area contributed by atoms with Crippen molar-refractivity contribution < 1.29 is 4.74 Å². The highest BCUT2D eigenvalue weighted by atomic mass is 16.6. The molecule has 1 aromatic carbocycles. The van der Waals surface area contributed by atoms with Crippen molar-refractivity contribution in [3.63, 3.8) is 0 Å². The molecule has 126 valence electrons. The lowest BCUT2D eigenvalue weighted by atomic mass is 10.2. The normalized spacial score (nSPS) is 20.7. The van der Waals surface area contributed by atoms with Crippen LogP contribution in [0.5, 0.6) is 0 Å². The van der Waals surface area contributed by atoms with Crippen LogP contribution in [0.15, 0.2) is 40.3 Å². The molecule has 0 fully saturated rings. The third-order valence-electron chi connectivity index (χ3n) is 3.44. The summed E-state index contributed by atoms with van der Waals surface area (Å²) >= 11 is 0. The van der Waals surface area contributed by atoms with Gasteiger partial charge in [-0.3, -0.25) is 0 Å². The van der Waals surface area contributed by atoms with E-state index in [1.807, 2.05) is 75.2 Å². The molecule has 1 N–H and O–H groups in total. The molecule has 0 aliphatic carbocycles. The number of ether oxygens (including phenoxy) is 1. The fraction of sp³-hybridized carbons (Fsp3) is 0.500. The van der Waals surface area contributed by atoms with Crippen LogP contribution in [0, 0.1) is 0 Å². The van der Waals surface area contributed by atoms with Crippen molar-refractivity contribution in [3.8, 4) is 0 Å². The number of rotatable bonds is 4. The molecule has 23 heavy (non-hydrogen) atoms. The van der Waals surface area contributed by atoms with E-state index in [4.69, 9.17) is 4.74 Å². The van der Waals surface area contributed by atoms with E-state index in [1.54, 1.807) is 0 Å². The molecule has 0 bridgehead atoms. The van der Waals surface area contributed by atoms with Gasteiger partial charge in [-0.1, -0.05) is 30.3 Å². The summed E-state index contributed by atoms with van der Waals surface area (Å²) in [6, 6.07) is 10.7. The Labute approximate surface area is 138 Å². The van der Waals surface area contributed by atoms with Crippen molar-refractivity contribution in [2.24, 2.45) is 9.98 Å². The first-order chi connectivity index (χ1) is 10.8. The van der Waals surface area contributed by atoms with Gasteiger partial charge in [-0.05, 0) is 19.7 Å². The van der Waals surface area contributed by atoms with Gasteiger partial charge in [-0.15, -0.1) is 0 Å². The van der Waals surface area contributed by atoms with Crippen LogP contribution < -0.4 is 5.32 Å². The standard InChI is InChI=1S/C16H26N6O/c1-20(2)14-18-15(21(3)4)23-16(19-14,22(5)6)17-12-13-10-8-7-9-11-13/h7-11,17H,12H2,1-6H3/t16-/m0/s1. The number of amidine groups is 1. The van der Waals surface area contributed by atoms with Crippen molar-refractivity contribution in [2.45, 2.75) is 12.5 Å². The summed E-state index contributed by atoms with van der Waals surface area (Å²) in [4.78, 5) is 14.7. The van der Waals surface area contributed by atoms with Crippen molar-refractivity contribution in [3.05, 3.63) is 35.9 Å². The second-order valence-electron chi connectivity index (χ2n) is 6.04. The molecule has 0 amide bonds. The first-order valence-corrected chi connectivity index (χ1v) is 7.52. The van der Waals surface area contributed by atoms with Gasteiger partial charge in [0.25, 0.3) is 6.02 Å². The summed E-state index contributed by atoms with van der Waals surface area (Å²) < 4.78 is 6.08. The van der Waals surface area contributed by atoms with E-state index in [9.17, 15) is 0 Å². The number of aliphatic imine (C=N–C) groups is 2. The molecule has 7 heteroatoms. The first-order valence-electron chi connectivity index (χ1n) is 7.52. The van der Waals surface area contributed by atoms with Crippen LogP contribution in [0.4, 0.5) is 0 Å². The maximum Gasteiger partial charge on any atom is 0.329 e. The Balaban J connectivity index is 2.30. The first kappa shape index (κ1) is 17.2. The summed E-state index contributed by atoms with van der Waals surface area (Å²) in [7, 11) is 11.5. The Morgan fingerprint density at radius 3 is 2.17 bits per heavy atom. The second-order valence-corrected chi connectivity index (χ2v) is 6.04. The molecule has 1 heterocycles. The van der Waals surface area contributed by atoms with Crippen LogP contribution >= 0.6 is 0 Å².